The third-order valence-electron chi connectivity index (χ3n) is 4.86. The summed E-state index contributed by atoms with van der Waals surface area (Å²) >= 11 is 0. The van der Waals surface area contributed by atoms with Crippen molar-refractivity contribution in [1.82, 2.24) is 4.57 Å². The fourth-order valence-electron chi connectivity index (χ4n) is 3.39. The number of carbonyl (C=O) groups excluding carboxylic acids is 1. The van der Waals surface area contributed by atoms with Crippen LogP contribution in [-0.4, -0.2) is 29.6 Å². The summed E-state index contributed by atoms with van der Waals surface area (Å²) in [6.45, 7) is 0. The lowest BCUT2D eigenvalue weighted by molar-refractivity contribution is 0.0592. The van der Waals surface area contributed by atoms with Crippen LogP contribution in [0.1, 0.15) is 27.3 Å². The predicted molar refractivity (Wildman–Crippen MR) is 107 cm³/mol. The Balaban J connectivity index is 1.98. The lowest BCUT2D eigenvalue weighted by atomic mass is 9.91. The van der Waals surface area contributed by atoms with Crippen LogP contribution in [0.4, 0.5) is 8.78 Å². The number of aliphatic hydroxyl groups is 1. The van der Waals surface area contributed by atoms with E-state index in [9.17, 15) is 27.1 Å². The van der Waals surface area contributed by atoms with Crippen molar-refractivity contribution < 1.29 is 27.1 Å². The second kappa shape index (κ2) is 8.10. The molecule has 0 saturated heterocycles. The van der Waals surface area contributed by atoms with E-state index in [1.165, 1.54) is 23.7 Å². The molecule has 1 unspecified atom stereocenters. The molecular formula is C21H20F2N2O4S. The van der Waals surface area contributed by atoms with Gasteiger partial charge >= 0.3 is 0 Å². The molecule has 6 nitrogen and oxygen atoms in total. The van der Waals surface area contributed by atoms with Crippen LogP contribution in [0.25, 0.3) is 0 Å². The maximum atomic E-state index is 14.0. The van der Waals surface area contributed by atoms with Gasteiger partial charge in [-0.1, -0.05) is 30.3 Å². The quantitative estimate of drug-likeness (QED) is 0.557. The summed E-state index contributed by atoms with van der Waals surface area (Å²) < 4.78 is 52.1. The molecule has 0 saturated carbocycles. The Morgan fingerprint density at radius 2 is 1.77 bits per heavy atom. The van der Waals surface area contributed by atoms with Gasteiger partial charge in [0.2, 0.25) is 15.8 Å². The molecule has 9 heteroatoms. The summed E-state index contributed by atoms with van der Waals surface area (Å²) in [5.74, 6) is -3.19. The van der Waals surface area contributed by atoms with Crippen molar-refractivity contribution in [1.29, 1.82) is 0 Å². The van der Waals surface area contributed by atoms with Crippen molar-refractivity contribution in [3.63, 3.8) is 0 Å². The molecule has 0 aliphatic heterocycles. The Bertz CT molecular complexity index is 1190. The summed E-state index contributed by atoms with van der Waals surface area (Å²) in [5.41, 5.74) is -1.27. The molecule has 1 atom stereocenters. The maximum Gasteiger partial charge on any atom is 0.212 e. The van der Waals surface area contributed by atoms with Crippen molar-refractivity contribution in [2.24, 2.45) is 12.2 Å². The first-order chi connectivity index (χ1) is 14.0. The lowest BCUT2D eigenvalue weighted by Gasteiger charge is -2.28. The standard InChI is InChI=1S/C21H20F2N2O4S/c1-25-16(8-10-19(25)20(26)17-9-7-15(22)11-18(17)23)12-21(27,13-30(24,28)29)14-5-3-2-4-6-14/h2-11,27H,12-13H2,1H3,(H2,24,28,29). The van der Waals surface area contributed by atoms with Crippen molar-refractivity contribution in [2.45, 2.75) is 12.0 Å². The van der Waals surface area contributed by atoms with Gasteiger partial charge in [-0.05, 0) is 29.8 Å². The Kier molecular flexibility index (Phi) is 5.89. The highest BCUT2D eigenvalue weighted by Gasteiger charge is 2.35. The number of sulfonamides is 1. The molecule has 0 bridgehead atoms. The monoisotopic (exact) mass is 434 g/mol. The number of aromatic nitrogens is 1. The fourth-order valence-corrected chi connectivity index (χ4v) is 4.32. The second-order valence-corrected chi connectivity index (χ2v) is 8.72. The fraction of sp³-hybridized carbons (Fsp3) is 0.190. The minimum Gasteiger partial charge on any atom is -0.384 e. The molecule has 0 spiro atoms. The number of primary sulfonamides is 1. The number of carbonyl (C=O) groups is 1. The first-order valence-corrected chi connectivity index (χ1v) is 10.6. The number of rotatable bonds is 7. The van der Waals surface area contributed by atoms with Crippen LogP contribution in [-0.2, 0) is 29.1 Å². The van der Waals surface area contributed by atoms with Gasteiger partial charge in [-0.25, -0.2) is 22.3 Å². The van der Waals surface area contributed by atoms with Crippen LogP contribution in [0.15, 0.2) is 60.7 Å². The third-order valence-corrected chi connectivity index (χ3v) is 5.74. The van der Waals surface area contributed by atoms with Gasteiger partial charge in [-0.3, -0.25) is 4.79 Å². The summed E-state index contributed by atoms with van der Waals surface area (Å²) in [6, 6.07) is 13.8. The van der Waals surface area contributed by atoms with E-state index in [1.54, 1.807) is 30.3 Å². The smallest absolute Gasteiger partial charge is 0.212 e. The van der Waals surface area contributed by atoms with Crippen LogP contribution in [0.3, 0.4) is 0 Å². The van der Waals surface area contributed by atoms with Crippen molar-refractivity contribution in [2.75, 3.05) is 5.75 Å². The number of nitrogens with zero attached hydrogens (tertiary/aromatic N) is 1. The first kappa shape index (κ1) is 21.8. The molecule has 0 radical (unpaired) electrons. The van der Waals surface area contributed by atoms with Crippen LogP contribution in [0.2, 0.25) is 0 Å². The molecule has 0 aliphatic rings. The van der Waals surface area contributed by atoms with E-state index in [-0.39, 0.29) is 17.7 Å². The Morgan fingerprint density at radius 1 is 1.10 bits per heavy atom. The molecular weight excluding hydrogens is 414 g/mol. The van der Waals surface area contributed by atoms with E-state index < -0.39 is 38.8 Å². The van der Waals surface area contributed by atoms with E-state index in [4.69, 9.17) is 5.14 Å². The van der Waals surface area contributed by atoms with Crippen LogP contribution in [0, 0.1) is 11.6 Å². The van der Waals surface area contributed by atoms with Gasteiger partial charge in [-0.2, -0.15) is 0 Å². The minimum absolute atomic E-state index is 0.0986. The Hall–Kier alpha value is -2.88. The number of halogens is 2. The number of ketones is 1. The second-order valence-electron chi connectivity index (χ2n) is 7.10. The predicted octanol–water partition coefficient (Wildman–Crippen LogP) is 2.25. The zero-order valence-electron chi connectivity index (χ0n) is 16.0. The van der Waals surface area contributed by atoms with Crippen molar-refractivity contribution >= 4 is 15.8 Å². The molecule has 3 N–H and O–H groups in total. The number of hydrogen-bond acceptors (Lipinski definition) is 4. The molecule has 3 rings (SSSR count). The average Bonchev–Trinajstić information content (AvgIpc) is 3.00. The van der Waals surface area contributed by atoms with Gasteiger partial charge < -0.3 is 9.67 Å². The van der Waals surface area contributed by atoms with E-state index in [2.05, 4.69) is 0 Å². The molecule has 0 aliphatic carbocycles. The number of nitrogens with two attached hydrogens (primary N) is 1. The molecule has 2 aromatic carbocycles. The van der Waals surface area contributed by atoms with Gasteiger partial charge in [0.15, 0.2) is 0 Å². The summed E-state index contributed by atoms with van der Waals surface area (Å²) in [4.78, 5) is 12.7. The summed E-state index contributed by atoms with van der Waals surface area (Å²) in [6.07, 6.45) is -0.164. The van der Waals surface area contributed by atoms with Gasteiger partial charge in [0.05, 0.1) is 17.0 Å². The van der Waals surface area contributed by atoms with E-state index in [0.717, 1.165) is 12.1 Å². The summed E-state index contributed by atoms with van der Waals surface area (Å²) in [5, 5.41) is 16.4. The first-order valence-electron chi connectivity index (χ1n) is 8.93. The van der Waals surface area contributed by atoms with E-state index in [0.29, 0.717) is 17.3 Å². The highest BCUT2D eigenvalue weighted by Crippen LogP contribution is 2.28. The molecule has 1 heterocycles. The highest BCUT2D eigenvalue weighted by molar-refractivity contribution is 7.89. The van der Waals surface area contributed by atoms with Gasteiger partial charge in [0.1, 0.15) is 17.2 Å². The van der Waals surface area contributed by atoms with Gasteiger partial charge in [0, 0.05) is 25.2 Å². The average molecular weight is 434 g/mol. The van der Waals surface area contributed by atoms with Gasteiger partial charge in [-0.15, -0.1) is 0 Å². The topological polar surface area (TPSA) is 102 Å². The van der Waals surface area contributed by atoms with E-state index >= 15 is 0 Å². The van der Waals surface area contributed by atoms with E-state index in [1.807, 2.05) is 0 Å². The van der Waals surface area contributed by atoms with Crippen LogP contribution >= 0.6 is 0 Å². The molecule has 158 valence electrons. The molecule has 3 aromatic rings. The zero-order chi connectivity index (χ0) is 22.1. The zero-order valence-corrected chi connectivity index (χ0v) is 16.9. The Morgan fingerprint density at radius 3 is 2.37 bits per heavy atom. The Labute approximate surface area is 172 Å². The molecule has 1 aromatic heterocycles. The SMILES string of the molecule is Cn1c(CC(O)(CS(N)(=O)=O)c2ccccc2)ccc1C(=O)c1ccc(F)cc1F. The highest BCUT2D eigenvalue weighted by atomic mass is 32.2. The normalized spacial score (nSPS) is 13.8. The van der Waals surface area contributed by atoms with Gasteiger partial charge in [0.25, 0.3) is 0 Å². The largest absolute Gasteiger partial charge is 0.384 e. The third kappa shape index (κ3) is 4.64. The van der Waals surface area contributed by atoms with Crippen molar-refractivity contribution in [3.05, 3.63) is 94.8 Å². The van der Waals surface area contributed by atoms with Crippen LogP contribution < -0.4 is 5.14 Å². The number of hydrogen-bond donors (Lipinski definition) is 2. The molecule has 30 heavy (non-hydrogen) atoms. The number of benzene rings is 2. The maximum absolute atomic E-state index is 14.0. The molecule has 0 fully saturated rings. The van der Waals surface area contributed by atoms with Crippen LogP contribution in [0.5, 0.6) is 0 Å². The van der Waals surface area contributed by atoms with Crippen molar-refractivity contribution in [3.8, 4) is 0 Å². The molecule has 0 amide bonds. The summed E-state index contributed by atoms with van der Waals surface area (Å²) in [7, 11) is -2.50. The lowest BCUT2D eigenvalue weighted by Crippen LogP contribution is -2.39. The minimum atomic E-state index is -4.04.